The Hall–Kier alpha value is -3.98. The SMILES string of the molecule is Cc1cccc(Cl)c1-c1noc(C2CC2)c1COc1ccc2c(n1)CC(F)(F)c1ccc(C(=O)O)cc1O2. The Morgan fingerprint density at radius 1 is 1.18 bits per heavy atom. The Morgan fingerprint density at radius 3 is 2.74 bits per heavy atom. The van der Waals surface area contributed by atoms with Crippen molar-refractivity contribution in [2.24, 2.45) is 0 Å². The van der Waals surface area contributed by atoms with Gasteiger partial charge in [0.2, 0.25) is 5.88 Å². The maximum atomic E-state index is 15.1. The van der Waals surface area contributed by atoms with Gasteiger partial charge in [0.15, 0.2) is 0 Å². The van der Waals surface area contributed by atoms with E-state index in [0.29, 0.717) is 10.7 Å². The lowest BCUT2D eigenvalue weighted by atomic mass is 10.0. The Balaban J connectivity index is 1.31. The van der Waals surface area contributed by atoms with E-state index < -0.39 is 23.9 Å². The summed E-state index contributed by atoms with van der Waals surface area (Å²) in [7, 11) is 0. The molecule has 1 N–H and O–H groups in total. The summed E-state index contributed by atoms with van der Waals surface area (Å²) in [5.74, 6) is -3.57. The van der Waals surface area contributed by atoms with Gasteiger partial charge >= 0.3 is 5.97 Å². The van der Waals surface area contributed by atoms with Crippen LogP contribution in [0.25, 0.3) is 11.3 Å². The van der Waals surface area contributed by atoms with E-state index in [0.717, 1.165) is 53.5 Å². The zero-order valence-electron chi connectivity index (χ0n) is 20.1. The number of benzene rings is 2. The molecule has 1 fully saturated rings. The number of nitrogens with zero attached hydrogens (tertiary/aromatic N) is 2. The number of carboxylic acids is 1. The smallest absolute Gasteiger partial charge is 0.335 e. The number of pyridine rings is 1. The van der Waals surface area contributed by atoms with Crippen LogP contribution in [0.4, 0.5) is 8.78 Å². The second-order valence-electron chi connectivity index (χ2n) is 9.46. The number of carbonyl (C=O) groups is 1. The lowest BCUT2D eigenvalue weighted by Crippen LogP contribution is -2.17. The van der Waals surface area contributed by atoms with Crippen molar-refractivity contribution >= 4 is 17.6 Å². The molecule has 4 aromatic rings. The fourth-order valence-electron chi connectivity index (χ4n) is 4.64. The normalized spacial score (nSPS) is 15.7. The molecule has 6 rings (SSSR count). The van der Waals surface area contributed by atoms with Crippen LogP contribution >= 0.6 is 11.6 Å². The second-order valence-corrected chi connectivity index (χ2v) is 9.87. The highest BCUT2D eigenvalue weighted by molar-refractivity contribution is 6.33. The van der Waals surface area contributed by atoms with Gasteiger partial charge in [-0.1, -0.05) is 28.9 Å². The van der Waals surface area contributed by atoms with Crippen LogP contribution in [-0.2, 0) is 19.0 Å². The molecule has 2 aliphatic rings. The van der Waals surface area contributed by atoms with Crippen LogP contribution in [0.2, 0.25) is 5.02 Å². The molecule has 0 spiro atoms. The van der Waals surface area contributed by atoms with E-state index >= 15 is 8.78 Å². The zero-order chi connectivity index (χ0) is 26.6. The number of fused-ring (bicyclic) bond motifs is 2. The van der Waals surface area contributed by atoms with Crippen LogP contribution in [-0.4, -0.2) is 21.2 Å². The number of aromatic carboxylic acids is 1. The molecule has 0 bridgehead atoms. The van der Waals surface area contributed by atoms with Crippen molar-refractivity contribution in [3.63, 3.8) is 0 Å². The quantitative estimate of drug-likeness (QED) is 0.275. The molecule has 1 aliphatic heterocycles. The molecular weight excluding hydrogens is 518 g/mol. The fraction of sp³-hybridized carbons (Fsp3) is 0.250. The molecule has 2 aromatic heterocycles. The first-order chi connectivity index (χ1) is 18.2. The van der Waals surface area contributed by atoms with Crippen molar-refractivity contribution < 1.29 is 32.7 Å². The Morgan fingerprint density at radius 2 is 2.00 bits per heavy atom. The van der Waals surface area contributed by atoms with E-state index in [1.165, 1.54) is 12.1 Å². The minimum absolute atomic E-state index is 0.00418. The number of alkyl halides is 2. The van der Waals surface area contributed by atoms with E-state index in [2.05, 4.69) is 10.1 Å². The van der Waals surface area contributed by atoms with Crippen molar-refractivity contribution in [1.29, 1.82) is 0 Å². The van der Waals surface area contributed by atoms with Crippen LogP contribution in [0, 0.1) is 6.92 Å². The van der Waals surface area contributed by atoms with Crippen LogP contribution in [0.1, 0.15) is 57.3 Å². The zero-order valence-corrected chi connectivity index (χ0v) is 20.9. The molecule has 0 atom stereocenters. The lowest BCUT2D eigenvalue weighted by molar-refractivity contribution is -0.00439. The first kappa shape index (κ1) is 24.4. The number of aryl methyl sites for hydroxylation is 1. The standard InChI is InChI=1S/C28H21ClF2N2O5/c1-14-3-2-4-19(29)24(14)25-17(26(38-33-25)15-5-6-15)13-36-23-10-9-21-20(32-23)12-28(30,31)18-8-7-16(27(34)35)11-22(18)37-21/h2-4,7-11,15H,5-6,12-13H2,1H3,(H,34,35). The topological polar surface area (TPSA) is 94.7 Å². The molecular formula is C28H21ClF2N2O5. The maximum absolute atomic E-state index is 15.1. The van der Waals surface area contributed by atoms with Gasteiger partial charge in [-0.25, -0.2) is 18.6 Å². The van der Waals surface area contributed by atoms with Gasteiger partial charge < -0.3 is 19.1 Å². The van der Waals surface area contributed by atoms with Gasteiger partial charge in [-0.05, 0) is 55.7 Å². The Bertz CT molecular complexity index is 1560. The Kier molecular flexibility index (Phi) is 5.83. The predicted molar refractivity (Wildman–Crippen MR) is 133 cm³/mol. The van der Waals surface area contributed by atoms with Crippen molar-refractivity contribution in [1.82, 2.24) is 10.1 Å². The van der Waals surface area contributed by atoms with E-state index in [9.17, 15) is 9.90 Å². The maximum Gasteiger partial charge on any atom is 0.335 e. The molecule has 7 nitrogen and oxygen atoms in total. The van der Waals surface area contributed by atoms with Gasteiger partial charge in [-0.3, -0.25) is 0 Å². The van der Waals surface area contributed by atoms with E-state index in [1.54, 1.807) is 6.07 Å². The summed E-state index contributed by atoms with van der Waals surface area (Å²) in [6.45, 7) is 1.99. The number of ether oxygens (including phenoxy) is 2. The molecule has 10 heteroatoms. The molecule has 2 aromatic carbocycles. The lowest BCUT2D eigenvalue weighted by Gasteiger charge is -2.15. The van der Waals surface area contributed by atoms with Crippen molar-refractivity contribution in [3.8, 4) is 28.6 Å². The highest BCUT2D eigenvalue weighted by Crippen LogP contribution is 2.47. The molecule has 194 valence electrons. The molecule has 38 heavy (non-hydrogen) atoms. The third-order valence-corrected chi connectivity index (χ3v) is 7.04. The van der Waals surface area contributed by atoms with Gasteiger partial charge in [0.05, 0.1) is 33.8 Å². The highest BCUT2D eigenvalue weighted by Gasteiger charge is 2.40. The molecule has 1 aliphatic carbocycles. The molecule has 0 amide bonds. The molecule has 1 saturated carbocycles. The molecule has 0 radical (unpaired) electrons. The first-order valence-electron chi connectivity index (χ1n) is 12.0. The number of rotatable bonds is 6. The largest absolute Gasteiger partial charge is 0.478 e. The minimum Gasteiger partial charge on any atom is -0.478 e. The minimum atomic E-state index is -3.33. The number of halogens is 3. The average Bonchev–Trinajstić information content (AvgIpc) is 3.65. The van der Waals surface area contributed by atoms with Gasteiger partial charge in [0, 0.05) is 17.5 Å². The van der Waals surface area contributed by atoms with Crippen LogP contribution in [0.5, 0.6) is 17.4 Å². The van der Waals surface area contributed by atoms with Crippen molar-refractivity contribution in [2.75, 3.05) is 0 Å². The summed E-state index contributed by atoms with van der Waals surface area (Å²) in [6.07, 6.45) is 1.23. The highest BCUT2D eigenvalue weighted by atomic mass is 35.5. The summed E-state index contributed by atoms with van der Waals surface area (Å²) in [5, 5.41) is 14.1. The first-order valence-corrected chi connectivity index (χ1v) is 12.4. The third kappa shape index (κ3) is 4.36. The Labute approximate surface area is 221 Å². The number of hydrogen-bond acceptors (Lipinski definition) is 6. The molecule has 3 heterocycles. The number of hydrogen-bond donors (Lipinski definition) is 1. The molecule has 0 unspecified atom stereocenters. The van der Waals surface area contributed by atoms with E-state index in [1.807, 2.05) is 19.1 Å². The van der Waals surface area contributed by atoms with Gasteiger partial charge in [-0.15, -0.1) is 0 Å². The van der Waals surface area contributed by atoms with Crippen molar-refractivity contribution in [3.05, 3.63) is 87.3 Å². The summed E-state index contributed by atoms with van der Waals surface area (Å²) in [5.41, 5.74) is 2.46. The summed E-state index contributed by atoms with van der Waals surface area (Å²) in [4.78, 5) is 15.6. The van der Waals surface area contributed by atoms with Gasteiger partial charge in [0.1, 0.15) is 29.6 Å². The second kappa shape index (κ2) is 9.09. The molecule has 0 saturated heterocycles. The van der Waals surface area contributed by atoms with Gasteiger partial charge in [-0.2, -0.15) is 0 Å². The summed E-state index contributed by atoms with van der Waals surface area (Å²) >= 11 is 6.49. The monoisotopic (exact) mass is 538 g/mol. The van der Waals surface area contributed by atoms with Crippen LogP contribution < -0.4 is 9.47 Å². The number of aromatic nitrogens is 2. The average molecular weight is 539 g/mol. The fourth-order valence-corrected chi connectivity index (χ4v) is 4.95. The third-order valence-electron chi connectivity index (χ3n) is 6.73. The number of carboxylic acid groups (broad SMARTS) is 1. The summed E-state index contributed by atoms with van der Waals surface area (Å²) in [6, 6.07) is 11.9. The van der Waals surface area contributed by atoms with E-state index in [4.69, 9.17) is 25.6 Å². The van der Waals surface area contributed by atoms with Crippen LogP contribution in [0.3, 0.4) is 0 Å². The van der Waals surface area contributed by atoms with Crippen molar-refractivity contribution in [2.45, 2.75) is 44.6 Å². The van der Waals surface area contributed by atoms with Crippen LogP contribution in [0.15, 0.2) is 53.1 Å². The summed E-state index contributed by atoms with van der Waals surface area (Å²) < 4.78 is 47.6. The van der Waals surface area contributed by atoms with Gasteiger partial charge in [0.25, 0.3) is 5.92 Å². The van der Waals surface area contributed by atoms with E-state index in [-0.39, 0.29) is 41.2 Å². The predicted octanol–water partition coefficient (Wildman–Crippen LogP) is 7.29.